The van der Waals surface area contributed by atoms with Crippen LogP contribution in [-0.4, -0.2) is 12.6 Å². The highest BCUT2D eigenvalue weighted by molar-refractivity contribution is 5.67. The number of allylic oxidation sites excluding steroid dienone is 2. The molecule has 1 atom stereocenters. The maximum absolute atomic E-state index is 5.41. The van der Waals surface area contributed by atoms with Crippen molar-refractivity contribution in [3.63, 3.8) is 0 Å². The lowest BCUT2D eigenvalue weighted by Crippen LogP contribution is -2.30. The van der Waals surface area contributed by atoms with Crippen LogP contribution in [0.2, 0.25) is 0 Å². The van der Waals surface area contributed by atoms with Gasteiger partial charge in [0.2, 0.25) is 0 Å². The molecule has 146 valence electrons. The molecule has 1 heteroatoms. The largest absolute Gasteiger partial charge is 0.314 e. The van der Waals surface area contributed by atoms with Crippen LogP contribution >= 0.6 is 0 Å². The monoisotopic (exact) mass is 355 g/mol. The summed E-state index contributed by atoms with van der Waals surface area (Å²) in [4.78, 5) is 0. The van der Waals surface area contributed by atoms with Gasteiger partial charge in [0.15, 0.2) is 0 Å². The number of nitrogens with one attached hydrogen (secondary N) is 1. The maximum atomic E-state index is 5.41. The first-order chi connectivity index (χ1) is 12.6. The molecule has 0 aliphatic rings. The van der Waals surface area contributed by atoms with Crippen LogP contribution in [0.4, 0.5) is 0 Å². The molecule has 0 heterocycles. The minimum absolute atomic E-state index is 0.503. The van der Waals surface area contributed by atoms with Gasteiger partial charge >= 0.3 is 0 Å². The molecule has 0 saturated carbocycles. The van der Waals surface area contributed by atoms with Crippen molar-refractivity contribution in [2.24, 2.45) is 0 Å². The van der Waals surface area contributed by atoms with E-state index in [2.05, 4.69) is 70.2 Å². The fourth-order valence-electron chi connectivity index (χ4n) is 2.83. The number of hydrogen-bond acceptors (Lipinski definition) is 1. The highest BCUT2D eigenvalue weighted by atomic mass is 14.9. The second-order valence-electron chi connectivity index (χ2n) is 5.66. The Kier molecular flexibility index (Phi) is 17.0. The lowest BCUT2D eigenvalue weighted by Gasteiger charge is -2.20. The van der Waals surface area contributed by atoms with Crippen molar-refractivity contribution >= 4 is 12.2 Å². The Balaban J connectivity index is 0. The summed E-state index contributed by atoms with van der Waals surface area (Å²) >= 11 is 0. The Bertz CT molecular complexity index is 585. The molecule has 0 aliphatic heterocycles. The van der Waals surface area contributed by atoms with Crippen molar-refractivity contribution in [3.8, 4) is 12.3 Å². The smallest absolute Gasteiger partial charge is 0.0105 e. The normalized spacial score (nSPS) is 11.4. The predicted octanol–water partition coefficient (Wildman–Crippen LogP) is 6.97. The van der Waals surface area contributed by atoms with E-state index in [-0.39, 0.29) is 0 Å². The Morgan fingerprint density at radius 2 is 1.69 bits per heavy atom. The van der Waals surface area contributed by atoms with E-state index in [4.69, 9.17) is 6.42 Å². The second-order valence-corrected chi connectivity index (χ2v) is 5.66. The van der Waals surface area contributed by atoms with E-state index in [1.54, 1.807) is 6.08 Å². The number of hydrogen-bond donors (Lipinski definition) is 1. The van der Waals surface area contributed by atoms with E-state index < -0.39 is 0 Å². The van der Waals surface area contributed by atoms with Crippen molar-refractivity contribution in [2.45, 2.75) is 81.2 Å². The third kappa shape index (κ3) is 8.54. The molecular formula is C25H41N. The van der Waals surface area contributed by atoms with Crippen molar-refractivity contribution < 1.29 is 0 Å². The molecule has 1 unspecified atom stereocenters. The van der Waals surface area contributed by atoms with Crippen LogP contribution in [0.3, 0.4) is 0 Å². The molecule has 0 aromatic heterocycles. The summed E-state index contributed by atoms with van der Waals surface area (Å²) in [6, 6.07) is 2.82. The first-order valence-electron chi connectivity index (χ1n) is 10.2. The molecule has 0 fully saturated rings. The van der Waals surface area contributed by atoms with Gasteiger partial charge in [-0.2, -0.15) is 0 Å². The average molecular weight is 356 g/mol. The minimum Gasteiger partial charge on any atom is -0.314 e. The van der Waals surface area contributed by atoms with Crippen LogP contribution in [0, 0.1) is 26.2 Å². The van der Waals surface area contributed by atoms with Crippen LogP contribution in [0.25, 0.3) is 12.2 Å². The average Bonchev–Trinajstić information content (AvgIpc) is 2.68. The van der Waals surface area contributed by atoms with Crippen molar-refractivity contribution in [1.29, 1.82) is 0 Å². The van der Waals surface area contributed by atoms with Crippen LogP contribution in [-0.2, 0) is 6.42 Å². The van der Waals surface area contributed by atoms with Crippen LogP contribution in [0.1, 0.15) is 82.7 Å². The Hall–Kier alpha value is -1.78. The number of likely N-dealkylation sites (N-methyl/N-ethyl adjacent to an activating group) is 1. The first kappa shape index (κ1) is 26.4. The fourth-order valence-corrected chi connectivity index (χ4v) is 2.83. The van der Waals surface area contributed by atoms with Gasteiger partial charge in [0.25, 0.3) is 0 Å². The fraction of sp³-hybridized carbons (Fsp3) is 0.520. The summed E-state index contributed by atoms with van der Waals surface area (Å²) in [5.41, 5.74) is 6.60. The highest BCUT2D eigenvalue weighted by Gasteiger charge is 2.13. The zero-order valence-electron chi connectivity index (χ0n) is 18.7. The van der Waals surface area contributed by atoms with E-state index in [9.17, 15) is 0 Å². The molecule has 1 N–H and O–H groups in total. The van der Waals surface area contributed by atoms with Crippen molar-refractivity contribution in [1.82, 2.24) is 5.32 Å². The Morgan fingerprint density at radius 1 is 1.08 bits per heavy atom. The molecule has 0 saturated heterocycles. The van der Waals surface area contributed by atoms with Crippen LogP contribution < -0.4 is 5.32 Å². The van der Waals surface area contributed by atoms with Gasteiger partial charge < -0.3 is 5.32 Å². The molecular weight excluding hydrogens is 314 g/mol. The summed E-state index contributed by atoms with van der Waals surface area (Å²) in [7, 11) is 0. The molecule has 0 radical (unpaired) electrons. The quantitative estimate of drug-likeness (QED) is 0.521. The third-order valence-electron chi connectivity index (χ3n) is 4.22. The standard InChI is InChI=1S/C21H29N.2C2H6/c1-7-11-13-21-17(6)16(5)18(12-8-2)14-19(21)15-20(9-3)22-10-4;2*1-2/h1,8,11-14,20,22H,9-10,15H2,2-6H3;2*1-2H3/b12-8-,13-11-;;. The molecule has 0 amide bonds. The van der Waals surface area contributed by atoms with Crippen molar-refractivity contribution in [3.05, 3.63) is 46.0 Å². The molecule has 1 rings (SSSR count). The Morgan fingerprint density at radius 3 is 2.15 bits per heavy atom. The van der Waals surface area contributed by atoms with Crippen molar-refractivity contribution in [2.75, 3.05) is 6.54 Å². The molecule has 26 heavy (non-hydrogen) atoms. The van der Waals surface area contributed by atoms with Gasteiger partial charge in [-0.05, 0) is 80.1 Å². The van der Waals surface area contributed by atoms with Crippen LogP contribution in [0.5, 0.6) is 0 Å². The van der Waals surface area contributed by atoms with Gasteiger partial charge in [0.05, 0.1) is 0 Å². The second kappa shape index (κ2) is 16.7. The van der Waals surface area contributed by atoms with Gasteiger partial charge in [0, 0.05) is 6.04 Å². The summed E-state index contributed by atoms with van der Waals surface area (Å²) in [6.07, 6.45) is 15.7. The molecule has 0 aliphatic carbocycles. The summed E-state index contributed by atoms with van der Waals surface area (Å²) < 4.78 is 0. The van der Waals surface area contributed by atoms with E-state index >= 15 is 0 Å². The summed E-state index contributed by atoms with van der Waals surface area (Å²) in [5, 5.41) is 3.57. The topological polar surface area (TPSA) is 12.0 Å². The lowest BCUT2D eigenvalue weighted by molar-refractivity contribution is 0.510. The van der Waals surface area contributed by atoms with Gasteiger partial charge in [-0.25, -0.2) is 0 Å². The van der Waals surface area contributed by atoms with Gasteiger partial charge in [0.1, 0.15) is 0 Å². The third-order valence-corrected chi connectivity index (χ3v) is 4.22. The Labute approximate surface area is 164 Å². The van der Waals surface area contributed by atoms with Crippen LogP contribution in [0.15, 0.2) is 18.2 Å². The summed E-state index contributed by atoms with van der Waals surface area (Å²) in [5.74, 6) is 2.61. The molecule has 1 aromatic rings. The van der Waals surface area contributed by atoms with Gasteiger partial charge in [-0.15, -0.1) is 6.42 Å². The van der Waals surface area contributed by atoms with E-state index in [1.165, 1.54) is 27.8 Å². The van der Waals surface area contributed by atoms with E-state index in [1.807, 2.05) is 27.7 Å². The lowest BCUT2D eigenvalue weighted by atomic mass is 9.89. The number of rotatable bonds is 7. The zero-order valence-corrected chi connectivity index (χ0v) is 18.7. The zero-order chi connectivity index (χ0) is 20.5. The highest BCUT2D eigenvalue weighted by Crippen LogP contribution is 2.26. The summed E-state index contributed by atoms with van der Waals surface area (Å²) in [6.45, 7) is 19.8. The molecule has 1 aromatic carbocycles. The minimum atomic E-state index is 0.503. The van der Waals surface area contributed by atoms with E-state index in [0.717, 1.165) is 19.4 Å². The molecule has 1 nitrogen and oxygen atoms in total. The maximum Gasteiger partial charge on any atom is 0.0105 e. The first-order valence-corrected chi connectivity index (χ1v) is 10.2. The molecule has 0 bridgehead atoms. The molecule has 0 spiro atoms. The number of terminal acetylenes is 1. The SMILES string of the molecule is C#C/C=C\c1c(CC(CC)NCC)cc(/C=C\C)c(C)c1C.CC.CC. The van der Waals surface area contributed by atoms with Gasteiger partial charge in [-0.1, -0.05) is 65.7 Å². The number of benzene rings is 1. The van der Waals surface area contributed by atoms with Gasteiger partial charge in [-0.3, -0.25) is 0 Å². The predicted molar refractivity (Wildman–Crippen MR) is 123 cm³/mol. The van der Waals surface area contributed by atoms with E-state index in [0.29, 0.717) is 6.04 Å².